The normalized spacial score (nSPS) is 16.4. The summed E-state index contributed by atoms with van der Waals surface area (Å²) in [6.07, 6.45) is -4.89. The number of alkyl halides is 3. The van der Waals surface area contributed by atoms with E-state index in [0.29, 0.717) is 29.2 Å². The van der Waals surface area contributed by atoms with Gasteiger partial charge in [0.05, 0.1) is 21.7 Å². The van der Waals surface area contributed by atoms with Crippen molar-refractivity contribution in [2.24, 2.45) is 0 Å². The van der Waals surface area contributed by atoms with Gasteiger partial charge in [0.1, 0.15) is 22.2 Å². The summed E-state index contributed by atoms with van der Waals surface area (Å²) in [5.74, 6) is -4.21. The van der Waals surface area contributed by atoms with Crippen molar-refractivity contribution >= 4 is 51.8 Å². The predicted octanol–water partition coefficient (Wildman–Crippen LogP) is 5.47. The molecule has 4 heterocycles. The van der Waals surface area contributed by atoms with Crippen molar-refractivity contribution in [2.45, 2.75) is 35.0 Å². The third-order valence-electron chi connectivity index (χ3n) is 8.09. The van der Waals surface area contributed by atoms with Crippen LogP contribution < -0.4 is 15.1 Å². The van der Waals surface area contributed by atoms with Crippen LogP contribution in [0.3, 0.4) is 0 Å². The molecule has 2 amide bonds. The van der Waals surface area contributed by atoms with Crippen LogP contribution in [0.15, 0.2) is 58.5 Å². The molecule has 10 nitrogen and oxygen atoms in total. The van der Waals surface area contributed by atoms with Crippen LogP contribution in [-0.2, 0) is 9.53 Å². The SMILES string of the molecule is CN1CCN(c2ccc(C(=O)Nc3n[nH]c4ccc(Sc5cc(F)ccc5F)nc34)c(N(C(=O)C(F)(F)F)C3CCOCC3)c2)CC1. The molecule has 0 aliphatic carbocycles. The number of aromatic amines is 1. The standard InChI is InChI=1S/C31H30F5N7O3S/c1-41-10-12-42(13-11-41)20-3-4-21(24(17-20)43(30(45)31(34,35)36)19-8-14-46-15-9-19)29(44)38-28-27-23(39-40-28)6-7-26(37-27)47-25-16-18(32)2-5-22(25)33/h2-7,16-17,19H,8-15H2,1H3,(H2,38,39,40,44). The van der Waals surface area contributed by atoms with Gasteiger partial charge in [-0.2, -0.15) is 18.3 Å². The van der Waals surface area contributed by atoms with Crippen molar-refractivity contribution in [1.29, 1.82) is 0 Å². The van der Waals surface area contributed by atoms with E-state index in [9.17, 15) is 31.5 Å². The predicted molar refractivity (Wildman–Crippen MR) is 166 cm³/mol. The van der Waals surface area contributed by atoms with E-state index in [-0.39, 0.29) is 58.6 Å². The fraction of sp³-hybridized carbons (Fsp3) is 0.355. The first-order chi connectivity index (χ1) is 22.5. The number of benzene rings is 2. The molecule has 0 spiro atoms. The van der Waals surface area contributed by atoms with Gasteiger partial charge in [0.25, 0.3) is 5.91 Å². The maximum absolute atomic E-state index is 14.3. The molecule has 0 unspecified atom stereocenters. The Hall–Kier alpha value is -4.28. The molecule has 0 radical (unpaired) electrons. The number of anilines is 3. The van der Waals surface area contributed by atoms with Crippen LogP contribution in [0.1, 0.15) is 23.2 Å². The first kappa shape index (κ1) is 32.7. The Bertz CT molecular complexity index is 1790. The third kappa shape index (κ3) is 7.18. The summed E-state index contributed by atoms with van der Waals surface area (Å²) >= 11 is 0.864. The summed E-state index contributed by atoms with van der Waals surface area (Å²) in [6.45, 7) is 3.00. The Morgan fingerprint density at radius 2 is 1.77 bits per heavy atom. The lowest BCUT2D eigenvalue weighted by molar-refractivity contribution is -0.171. The average Bonchev–Trinajstić information content (AvgIpc) is 3.45. The lowest BCUT2D eigenvalue weighted by Crippen LogP contribution is -2.50. The largest absolute Gasteiger partial charge is 0.471 e. The fourth-order valence-corrected chi connectivity index (χ4v) is 6.43. The number of rotatable bonds is 7. The highest BCUT2D eigenvalue weighted by Gasteiger charge is 2.46. The maximum atomic E-state index is 14.3. The van der Waals surface area contributed by atoms with E-state index < -0.39 is 35.7 Å². The molecular formula is C31H30F5N7O3S. The lowest BCUT2D eigenvalue weighted by Gasteiger charge is -2.37. The minimum Gasteiger partial charge on any atom is -0.381 e. The topological polar surface area (TPSA) is 107 Å². The lowest BCUT2D eigenvalue weighted by atomic mass is 10.0. The van der Waals surface area contributed by atoms with Gasteiger partial charge in [-0.05, 0) is 68.4 Å². The van der Waals surface area contributed by atoms with Gasteiger partial charge in [-0.3, -0.25) is 14.7 Å². The van der Waals surface area contributed by atoms with Gasteiger partial charge in [0, 0.05) is 51.1 Å². The molecule has 0 saturated carbocycles. The van der Waals surface area contributed by atoms with Gasteiger partial charge in [0.2, 0.25) is 0 Å². The summed E-state index contributed by atoms with van der Waals surface area (Å²) in [6, 6.07) is 9.84. The number of ether oxygens (including phenoxy) is 1. The maximum Gasteiger partial charge on any atom is 0.471 e. The number of amides is 2. The minimum atomic E-state index is -5.20. The van der Waals surface area contributed by atoms with Crippen molar-refractivity contribution in [1.82, 2.24) is 20.1 Å². The molecule has 2 saturated heterocycles. The second-order valence-electron chi connectivity index (χ2n) is 11.3. The number of likely N-dealkylation sites (N-methyl/N-ethyl adjacent to an activating group) is 1. The molecule has 16 heteroatoms. The number of hydrogen-bond acceptors (Lipinski definition) is 8. The summed E-state index contributed by atoms with van der Waals surface area (Å²) in [7, 11) is 1.97. The zero-order valence-corrected chi connectivity index (χ0v) is 25.9. The molecular weight excluding hydrogens is 645 g/mol. The molecule has 2 aliphatic heterocycles. The van der Waals surface area contributed by atoms with Crippen LogP contribution in [0, 0.1) is 11.6 Å². The number of carbonyl (C=O) groups excluding carboxylic acids is 2. The van der Waals surface area contributed by atoms with Crippen LogP contribution in [0.25, 0.3) is 11.0 Å². The highest BCUT2D eigenvalue weighted by atomic mass is 32.2. The number of pyridine rings is 1. The fourth-order valence-electron chi connectivity index (χ4n) is 5.59. The van der Waals surface area contributed by atoms with Crippen molar-refractivity contribution in [2.75, 3.05) is 61.6 Å². The van der Waals surface area contributed by atoms with Gasteiger partial charge in [-0.25, -0.2) is 13.8 Å². The Balaban J connectivity index is 1.37. The van der Waals surface area contributed by atoms with E-state index in [1.54, 1.807) is 18.2 Å². The summed E-state index contributed by atoms with van der Waals surface area (Å²) in [4.78, 5) is 36.1. The van der Waals surface area contributed by atoms with Gasteiger partial charge in [0.15, 0.2) is 5.82 Å². The number of carbonyl (C=O) groups is 2. The van der Waals surface area contributed by atoms with Crippen LogP contribution in [-0.4, -0.2) is 90.6 Å². The zero-order chi connectivity index (χ0) is 33.3. The number of halogens is 5. The molecule has 0 bridgehead atoms. The molecule has 47 heavy (non-hydrogen) atoms. The molecule has 6 rings (SSSR count). The van der Waals surface area contributed by atoms with Gasteiger partial charge < -0.3 is 24.8 Å². The third-order valence-corrected chi connectivity index (χ3v) is 9.06. The van der Waals surface area contributed by atoms with Gasteiger partial charge in [-0.15, -0.1) is 0 Å². The van der Waals surface area contributed by atoms with E-state index in [2.05, 4.69) is 25.4 Å². The van der Waals surface area contributed by atoms with E-state index in [0.717, 1.165) is 43.1 Å². The number of piperazine rings is 1. The smallest absolute Gasteiger partial charge is 0.381 e. The number of fused-ring (bicyclic) bond motifs is 1. The minimum absolute atomic E-state index is 0.00134. The molecule has 2 aliphatic rings. The molecule has 2 fully saturated rings. The van der Waals surface area contributed by atoms with Crippen LogP contribution in [0.2, 0.25) is 0 Å². The van der Waals surface area contributed by atoms with E-state index >= 15 is 0 Å². The first-order valence-electron chi connectivity index (χ1n) is 14.8. The highest BCUT2D eigenvalue weighted by molar-refractivity contribution is 7.99. The molecule has 4 aromatic rings. The zero-order valence-electron chi connectivity index (χ0n) is 25.1. The number of aromatic nitrogens is 3. The van der Waals surface area contributed by atoms with Gasteiger partial charge in [-0.1, -0.05) is 11.8 Å². The van der Waals surface area contributed by atoms with Crippen LogP contribution in [0.5, 0.6) is 0 Å². The van der Waals surface area contributed by atoms with Crippen molar-refractivity contribution in [3.63, 3.8) is 0 Å². The van der Waals surface area contributed by atoms with Gasteiger partial charge >= 0.3 is 12.1 Å². The van der Waals surface area contributed by atoms with Crippen molar-refractivity contribution in [3.05, 3.63) is 65.7 Å². The summed E-state index contributed by atoms with van der Waals surface area (Å²) < 4.78 is 75.6. The second-order valence-corrected chi connectivity index (χ2v) is 12.3. The highest BCUT2D eigenvalue weighted by Crippen LogP contribution is 2.36. The number of nitrogens with zero attached hydrogens (tertiary/aromatic N) is 5. The second kappa shape index (κ2) is 13.4. The number of hydrogen-bond donors (Lipinski definition) is 2. The number of H-pyrrole nitrogens is 1. The Labute approximate surface area is 270 Å². The van der Waals surface area contributed by atoms with E-state index in [1.807, 2.05) is 11.9 Å². The molecule has 2 N–H and O–H groups in total. The Morgan fingerprint density at radius 1 is 1.02 bits per heavy atom. The molecule has 248 valence electrons. The van der Waals surface area contributed by atoms with Crippen molar-refractivity contribution in [3.8, 4) is 0 Å². The first-order valence-corrected chi connectivity index (χ1v) is 15.6. The van der Waals surface area contributed by atoms with Crippen LogP contribution in [0.4, 0.5) is 39.1 Å². The molecule has 2 aromatic heterocycles. The Kier molecular flexibility index (Phi) is 9.34. The molecule has 2 aromatic carbocycles. The summed E-state index contributed by atoms with van der Waals surface area (Å²) in [5, 5.41) is 9.75. The number of nitrogens with one attached hydrogen (secondary N) is 2. The van der Waals surface area contributed by atoms with Crippen molar-refractivity contribution < 1.29 is 36.3 Å². The average molecular weight is 676 g/mol. The van der Waals surface area contributed by atoms with E-state index in [1.165, 1.54) is 12.1 Å². The van der Waals surface area contributed by atoms with E-state index in [4.69, 9.17) is 4.74 Å². The van der Waals surface area contributed by atoms with Crippen LogP contribution >= 0.6 is 11.8 Å². The Morgan fingerprint density at radius 3 is 2.49 bits per heavy atom. The summed E-state index contributed by atoms with van der Waals surface area (Å²) in [5.41, 5.74) is 0.818. The monoisotopic (exact) mass is 675 g/mol. The molecule has 0 atom stereocenters. The quantitative estimate of drug-likeness (QED) is 0.249.